The van der Waals surface area contributed by atoms with Crippen molar-refractivity contribution in [1.82, 2.24) is 0 Å². The topological polar surface area (TPSA) is 0 Å². The molecule has 0 amide bonds. The number of hydrogen-bond donors (Lipinski definition) is 0. The largest absolute Gasteiger partial charge is 0.143 e. The van der Waals surface area contributed by atoms with Gasteiger partial charge in [-0.15, -0.1) is 22.9 Å². The molecule has 0 fully saturated rings. The molecule has 2 heteroatoms. The van der Waals surface area contributed by atoms with E-state index in [2.05, 4.69) is 52.0 Å². The fourth-order valence-corrected chi connectivity index (χ4v) is 3.38. The Bertz CT molecular complexity index is 520. The van der Waals surface area contributed by atoms with E-state index in [1.807, 2.05) is 0 Å². The van der Waals surface area contributed by atoms with Crippen LogP contribution in [-0.4, -0.2) is 0 Å². The van der Waals surface area contributed by atoms with Crippen molar-refractivity contribution in [3.05, 3.63) is 56.3 Å². The SMILES string of the molecule is Cc1ccc(C)c(C(Cl)c2cc(C)c(C)s2)c1. The van der Waals surface area contributed by atoms with Crippen LogP contribution in [0, 0.1) is 27.7 Å². The molecule has 0 N–H and O–H groups in total. The zero-order chi connectivity index (χ0) is 12.6. The molecule has 0 aliphatic heterocycles. The van der Waals surface area contributed by atoms with Gasteiger partial charge in [0.25, 0.3) is 0 Å². The lowest BCUT2D eigenvalue weighted by Gasteiger charge is -2.12. The van der Waals surface area contributed by atoms with Gasteiger partial charge in [-0.2, -0.15) is 0 Å². The zero-order valence-corrected chi connectivity index (χ0v) is 12.2. The van der Waals surface area contributed by atoms with Gasteiger partial charge in [0, 0.05) is 9.75 Å². The van der Waals surface area contributed by atoms with Crippen molar-refractivity contribution < 1.29 is 0 Å². The standard InChI is InChI=1S/C15H17ClS/c1-9-5-6-10(2)13(7-9)15(16)14-8-11(3)12(4)17-14/h5-8,15H,1-4H3. The van der Waals surface area contributed by atoms with Crippen LogP contribution >= 0.6 is 22.9 Å². The molecular weight excluding hydrogens is 248 g/mol. The van der Waals surface area contributed by atoms with Crippen molar-refractivity contribution in [3.8, 4) is 0 Å². The Hall–Kier alpha value is -0.790. The molecule has 1 atom stereocenters. The minimum Gasteiger partial charge on any atom is -0.143 e. The first kappa shape index (κ1) is 12.7. The number of alkyl halides is 1. The van der Waals surface area contributed by atoms with E-state index in [1.54, 1.807) is 11.3 Å². The summed E-state index contributed by atoms with van der Waals surface area (Å²) in [6.07, 6.45) is 0. The number of rotatable bonds is 2. The van der Waals surface area contributed by atoms with Gasteiger partial charge in [-0.1, -0.05) is 23.8 Å². The Morgan fingerprint density at radius 3 is 2.29 bits per heavy atom. The lowest BCUT2D eigenvalue weighted by molar-refractivity contribution is 1.13. The van der Waals surface area contributed by atoms with E-state index in [-0.39, 0.29) is 5.38 Å². The van der Waals surface area contributed by atoms with Gasteiger partial charge < -0.3 is 0 Å². The lowest BCUT2D eigenvalue weighted by Crippen LogP contribution is -1.94. The summed E-state index contributed by atoms with van der Waals surface area (Å²) in [7, 11) is 0. The second-order valence-electron chi connectivity index (χ2n) is 4.61. The van der Waals surface area contributed by atoms with Crippen LogP contribution < -0.4 is 0 Å². The number of thiophene rings is 1. The Labute approximate surface area is 112 Å². The van der Waals surface area contributed by atoms with E-state index in [0.717, 1.165) is 0 Å². The van der Waals surface area contributed by atoms with Gasteiger partial charge in [-0.05, 0) is 50.5 Å². The fraction of sp³-hybridized carbons (Fsp3) is 0.333. The molecule has 0 spiro atoms. The van der Waals surface area contributed by atoms with Crippen LogP contribution in [0.4, 0.5) is 0 Å². The molecule has 1 unspecified atom stereocenters. The van der Waals surface area contributed by atoms with Gasteiger partial charge in [-0.25, -0.2) is 0 Å². The molecule has 0 nitrogen and oxygen atoms in total. The predicted molar refractivity (Wildman–Crippen MR) is 77.4 cm³/mol. The number of benzene rings is 1. The second-order valence-corrected chi connectivity index (χ2v) is 6.33. The number of aryl methyl sites for hydroxylation is 4. The van der Waals surface area contributed by atoms with Gasteiger partial charge in [0.05, 0.1) is 5.38 Å². The van der Waals surface area contributed by atoms with Crippen molar-refractivity contribution >= 4 is 22.9 Å². The van der Waals surface area contributed by atoms with E-state index in [0.29, 0.717) is 0 Å². The van der Waals surface area contributed by atoms with Gasteiger partial charge in [0.15, 0.2) is 0 Å². The van der Waals surface area contributed by atoms with Crippen LogP contribution in [0.25, 0.3) is 0 Å². The number of halogens is 1. The first-order valence-corrected chi connectivity index (χ1v) is 7.02. The normalized spacial score (nSPS) is 12.8. The van der Waals surface area contributed by atoms with Crippen molar-refractivity contribution in [2.24, 2.45) is 0 Å². The first-order chi connectivity index (χ1) is 7.99. The highest BCUT2D eigenvalue weighted by molar-refractivity contribution is 7.12. The van der Waals surface area contributed by atoms with Gasteiger partial charge >= 0.3 is 0 Å². The van der Waals surface area contributed by atoms with Gasteiger partial charge in [0.1, 0.15) is 0 Å². The minimum absolute atomic E-state index is 0.0210. The van der Waals surface area contributed by atoms with Crippen molar-refractivity contribution in [3.63, 3.8) is 0 Å². The van der Waals surface area contributed by atoms with Crippen LogP contribution in [0.1, 0.15) is 37.4 Å². The Morgan fingerprint density at radius 1 is 1.00 bits per heavy atom. The average Bonchev–Trinajstić information content (AvgIpc) is 2.62. The average molecular weight is 265 g/mol. The minimum atomic E-state index is -0.0210. The Kier molecular flexibility index (Phi) is 3.60. The summed E-state index contributed by atoms with van der Waals surface area (Å²) in [5, 5.41) is -0.0210. The first-order valence-electron chi connectivity index (χ1n) is 5.77. The summed E-state index contributed by atoms with van der Waals surface area (Å²) in [6, 6.07) is 8.68. The third-order valence-electron chi connectivity index (χ3n) is 3.14. The molecule has 0 aliphatic carbocycles. The maximum absolute atomic E-state index is 6.60. The van der Waals surface area contributed by atoms with E-state index in [1.165, 1.54) is 32.0 Å². The molecule has 2 aromatic rings. The monoisotopic (exact) mass is 264 g/mol. The Morgan fingerprint density at radius 2 is 1.71 bits per heavy atom. The lowest BCUT2D eigenvalue weighted by atomic mass is 10.0. The molecular formula is C15H17ClS. The summed E-state index contributed by atoms with van der Waals surface area (Å²) >= 11 is 8.40. The van der Waals surface area contributed by atoms with Crippen LogP contribution in [0.3, 0.4) is 0 Å². The van der Waals surface area contributed by atoms with E-state index in [9.17, 15) is 0 Å². The summed E-state index contributed by atoms with van der Waals surface area (Å²) in [5.74, 6) is 0. The molecule has 1 aromatic carbocycles. The predicted octanol–water partition coefficient (Wildman–Crippen LogP) is 5.31. The van der Waals surface area contributed by atoms with Crippen LogP contribution in [0.2, 0.25) is 0 Å². The van der Waals surface area contributed by atoms with Gasteiger partial charge in [0.2, 0.25) is 0 Å². The summed E-state index contributed by atoms with van der Waals surface area (Å²) in [4.78, 5) is 2.60. The molecule has 0 radical (unpaired) electrons. The molecule has 0 saturated heterocycles. The highest BCUT2D eigenvalue weighted by Crippen LogP contribution is 2.36. The molecule has 2 rings (SSSR count). The van der Waals surface area contributed by atoms with E-state index >= 15 is 0 Å². The zero-order valence-electron chi connectivity index (χ0n) is 10.7. The van der Waals surface area contributed by atoms with Crippen molar-refractivity contribution in [1.29, 1.82) is 0 Å². The molecule has 17 heavy (non-hydrogen) atoms. The van der Waals surface area contributed by atoms with Crippen LogP contribution in [0.5, 0.6) is 0 Å². The third kappa shape index (κ3) is 2.56. The fourth-order valence-electron chi connectivity index (χ4n) is 1.91. The van der Waals surface area contributed by atoms with E-state index < -0.39 is 0 Å². The second kappa shape index (κ2) is 4.83. The maximum atomic E-state index is 6.60. The van der Waals surface area contributed by atoms with Crippen LogP contribution in [-0.2, 0) is 0 Å². The Balaban J connectivity index is 2.42. The summed E-state index contributed by atoms with van der Waals surface area (Å²) in [6.45, 7) is 8.52. The smallest absolute Gasteiger partial charge is 0.0930 e. The van der Waals surface area contributed by atoms with Crippen molar-refractivity contribution in [2.75, 3.05) is 0 Å². The molecule has 0 bridgehead atoms. The third-order valence-corrected chi connectivity index (χ3v) is 4.96. The summed E-state index contributed by atoms with van der Waals surface area (Å²) < 4.78 is 0. The number of hydrogen-bond acceptors (Lipinski definition) is 1. The van der Waals surface area contributed by atoms with Crippen molar-refractivity contribution in [2.45, 2.75) is 33.1 Å². The molecule has 0 saturated carbocycles. The van der Waals surface area contributed by atoms with E-state index in [4.69, 9.17) is 11.6 Å². The molecule has 0 aliphatic rings. The van der Waals surface area contributed by atoms with Gasteiger partial charge in [-0.3, -0.25) is 0 Å². The quantitative estimate of drug-likeness (QED) is 0.645. The highest BCUT2D eigenvalue weighted by Gasteiger charge is 2.16. The molecule has 1 heterocycles. The highest BCUT2D eigenvalue weighted by atomic mass is 35.5. The molecule has 1 aromatic heterocycles. The van der Waals surface area contributed by atoms with Crippen LogP contribution in [0.15, 0.2) is 24.3 Å². The summed E-state index contributed by atoms with van der Waals surface area (Å²) in [5.41, 5.74) is 5.09. The maximum Gasteiger partial charge on any atom is 0.0930 e. The molecule has 90 valence electrons.